The zero-order valence-corrected chi connectivity index (χ0v) is 8.80. The molecule has 0 amide bonds. The van der Waals surface area contributed by atoms with Crippen molar-refractivity contribution in [3.8, 4) is 5.75 Å². The van der Waals surface area contributed by atoms with Gasteiger partial charge in [-0.25, -0.2) is 0 Å². The number of benzene rings is 1. The molecule has 0 spiro atoms. The lowest BCUT2D eigenvalue weighted by molar-refractivity contribution is 0.467. The third kappa shape index (κ3) is 1.22. The van der Waals surface area contributed by atoms with Crippen molar-refractivity contribution in [3.05, 3.63) is 28.8 Å². The molecular weight excluding hydrogens is 174 g/mol. The molecule has 0 bridgehead atoms. The Balaban J connectivity index is 2.62. The van der Waals surface area contributed by atoms with Gasteiger partial charge in [-0.1, -0.05) is 19.9 Å². The van der Waals surface area contributed by atoms with Crippen LogP contribution >= 0.6 is 0 Å². The van der Waals surface area contributed by atoms with Crippen LogP contribution in [0.4, 0.5) is 0 Å². The van der Waals surface area contributed by atoms with Crippen molar-refractivity contribution >= 4 is 0 Å². The van der Waals surface area contributed by atoms with Crippen molar-refractivity contribution in [1.29, 1.82) is 0 Å². The number of hydrogen-bond acceptors (Lipinski definition) is 2. The fraction of sp³-hybridized carbons (Fsp3) is 0.500. The molecular formula is C12H17NO. The predicted octanol–water partition coefficient (Wildman–Crippen LogP) is 2.07. The molecule has 3 N–H and O–H groups in total. The summed E-state index contributed by atoms with van der Waals surface area (Å²) in [4.78, 5) is 0. The molecule has 0 radical (unpaired) electrons. The zero-order valence-electron chi connectivity index (χ0n) is 8.80. The summed E-state index contributed by atoms with van der Waals surface area (Å²) in [6.07, 6.45) is 2.20. The van der Waals surface area contributed by atoms with Gasteiger partial charge >= 0.3 is 0 Å². The maximum Gasteiger partial charge on any atom is 0.120 e. The average Bonchev–Trinajstić information content (AvgIpc) is 2.42. The molecule has 0 heterocycles. The van der Waals surface area contributed by atoms with Crippen molar-refractivity contribution < 1.29 is 5.11 Å². The average molecular weight is 191 g/mol. The highest BCUT2D eigenvalue weighted by Gasteiger charge is 2.31. The minimum Gasteiger partial charge on any atom is -0.508 e. The first-order chi connectivity index (χ1) is 6.56. The number of fused-ring (bicyclic) bond motifs is 1. The highest BCUT2D eigenvalue weighted by molar-refractivity contribution is 5.49. The maximum absolute atomic E-state index is 9.66. The smallest absolute Gasteiger partial charge is 0.120 e. The van der Waals surface area contributed by atoms with Crippen LogP contribution in [-0.2, 0) is 18.4 Å². The number of nitrogens with two attached hydrogens (primary N) is 1. The van der Waals surface area contributed by atoms with E-state index in [1.165, 1.54) is 11.1 Å². The Bertz CT molecular complexity index is 369. The van der Waals surface area contributed by atoms with Gasteiger partial charge in [-0.05, 0) is 35.4 Å². The Hall–Kier alpha value is -1.02. The molecule has 0 fully saturated rings. The summed E-state index contributed by atoms with van der Waals surface area (Å²) >= 11 is 0. The molecule has 0 saturated carbocycles. The van der Waals surface area contributed by atoms with Gasteiger partial charge < -0.3 is 10.8 Å². The predicted molar refractivity (Wildman–Crippen MR) is 57.3 cm³/mol. The first kappa shape index (κ1) is 9.53. The molecule has 1 aliphatic rings. The summed E-state index contributed by atoms with van der Waals surface area (Å²) in [5.41, 5.74) is 9.47. The molecule has 0 saturated heterocycles. The molecule has 0 unspecified atom stereocenters. The van der Waals surface area contributed by atoms with Crippen LogP contribution in [0.2, 0.25) is 0 Å². The van der Waals surface area contributed by atoms with E-state index in [0.29, 0.717) is 12.3 Å². The third-order valence-corrected chi connectivity index (χ3v) is 3.34. The van der Waals surface area contributed by atoms with E-state index in [2.05, 4.69) is 13.8 Å². The third-order valence-electron chi connectivity index (χ3n) is 3.34. The number of rotatable bonds is 1. The zero-order chi connectivity index (χ0) is 10.3. The van der Waals surface area contributed by atoms with Crippen molar-refractivity contribution in [2.75, 3.05) is 0 Å². The van der Waals surface area contributed by atoms with Crippen LogP contribution in [0.3, 0.4) is 0 Å². The highest BCUT2D eigenvalue weighted by Crippen LogP contribution is 2.41. The first-order valence-corrected chi connectivity index (χ1v) is 5.10. The van der Waals surface area contributed by atoms with Gasteiger partial charge in [0.2, 0.25) is 0 Å². The topological polar surface area (TPSA) is 46.2 Å². The molecule has 2 nitrogen and oxygen atoms in total. The standard InChI is InChI=1S/C12H17NO/c1-12(2)6-5-8-9(7-13)11(14)4-3-10(8)12/h3-4,14H,5-7,13H2,1-2H3. The monoisotopic (exact) mass is 191 g/mol. The fourth-order valence-electron chi connectivity index (χ4n) is 2.40. The van der Waals surface area contributed by atoms with E-state index in [0.717, 1.165) is 18.4 Å². The number of hydrogen-bond donors (Lipinski definition) is 2. The molecule has 2 heteroatoms. The summed E-state index contributed by atoms with van der Waals surface area (Å²) in [7, 11) is 0. The molecule has 0 aromatic heterocycles. The second kappa shape index (κ2) is 2.99. The van der Waals surface area contributed by atoms with Crippen LogP contribution in [0, 0.1) is 0 Å². The van der Waals surface area contributed by atoms with Gasteiger partial charge in [0.25, 0.3) is 0 Å². The highest BCUT2D eigenvalue weighted by atomic mass is 16.3. The van der Waals surface area contributed by atoms with Crippen molar-refractivity contribution in [3.63, 3.8) is 0 Å². The van der Waals surface area contributed by atoms with E-state index in [-0.39, 0.29) is 5.41 Å². The van der Waals surface area contributed by atoms with Crippen LogP contribution in [0.5, 0.6) is 5.75 Å². The molecule has 0 aliphatic heterocycles. The van der Waals surface area contributed by atoms with Crippen molar-refractivity contribution in [2.24, 2.45) is 5.73 Å². The van der Waals surface area contributed by atoms with Gasteiger partial charge in [-0.15, -0.1) is 0 Å². The summed E-state index contributed by atoms with van der Waals surface area (Å²) in [5.74, 6) is 0.351. The molecule has 14 heavy (non-hydrogen) atoms. The van der Waals surface area contributed by atoms with E-state index in [1.54, 1.807) is 6.07 Å². The van der Waals surface area contributed by atoms with E-state index >= 15 is 0 Å². The Morgan fingerprint density at radius 2 is 2.14 bits per heavy atom. The van der Waals surface area contributed by atoms with Crippen LogP contribution in [0.25, 0.3) is 0 Å². The summed E-state index contributed by atoms with van der Waals surface area (Å²) in [6, 6.07) is 3.81. The number of aromatic hydroxyl groups is 1. The summed E-state index contributed by atoms with van der Waals surface area (Å²) in [5, 5.41) is 9.66. The number of phenolic OH excluding ortho intramolecular Hbond substituents is 1. The normalized spacial score (nSPS) is 18.2. The summed E-state index contributed by atoms with van der Waals surface area (Å²) in [6.45, 7) is 4.93. The van der Waals surface area contributed by atoms with Crippen molar-refractivity contribution in [2.45, 2.75) is 38.6 Å². The van der Waals surface area contributed by atoms with E-state index in [9.17, 15) is 5.11 Å². The minimum atomic E-state index is 0.243. The second-order valence-corrected chi connectivity index (χ2v) is 4.68. The Labute approximate surface area is 84.7 Å². The largest absolute Gasteiger partial charge is 0.508 e. The first-order valence-electron chi connectivity index (χ1n) is 5.10. The van der Waals surface area contributed by atoms with Gasteiger partial charge in [0.05, 0.1) is 0 Å². The fourth-order valence-corrected chi connectivity index (χ4v) is 2.40. The molecule has 1 aromatic rings. The Morgan fingerprint density at radius 1 is 1.43 bits per heavy atom. The quantitative estimate of drug-likeness (QED) is 0.714. The SMILES string of the molecule is CC1(C)CCc2c1ccc(O)c2CN. The lowest BCUT2D eigenvalue weighted by Gasteiger charge is -2.19. The molecule has 2 rings (SSSR count). The van der Waals surface area contributed by atoms with Gasteiger partial charge in [0.15, 0.2) is 0 Å². The maximum atomic E-state index is 9.66. The Kier molecular flexibility index (Phi) is 2.04. The van der Waals surface area contributed by atoms with E-state index in [1.807, 2.05) is 6.07 Å². The molecule has 0 atom stereocenters. The van der Waals surface area contributed by atoms with Crippen LogP contribution in [-0.4, -0.2) is 5.11 Å². The van der Waals surface area contributed by atoms with Crippen LogP contribution in [0.15, 0.2) is 12.1 Å². The second-order valence-electron chi connectivity index (χ2n) is 4.68. The Morgan fingerprint density at radius 3 is 2.79 bits per heavy atom. The molecule has 1 aromatic carbocycles. The van der Waals surface area contributed by atoms with E-state index in [4.69, 9.17) is 5.73 Å². The summed E-state index contributed by atoms with van der Waals surface area (Å²) < 4.78 is 0. The molecule has 1 aliphatic carbocycles. The van der Waals surface area contributed by atoms with Crippen LogP contribution in [0.1, 0.15) is 37.0 Å². The van der Waals surface area contributed by atoms with Gasteiger partial charge in [-0.2, -0.15) is 0 Å². The van der Waals surface area contributed by atoms with Gasteiger partial charge in [0, 0.05) is 12.1 Å². The lowest BCUT2D eigenvalue weighted by Crippen LogP contribution is -2.12. The minimum absolute atomic E-state index is 0.243. The van der Waals surface area contributed by atoms with Gasteiger partial charge in [-0.3, -0.25) is 0 Å². The van der Waals surface area contributed by atoms with E-state index < -0.39 is 0 Å². The van der Waals surface area contributed by atoms with Gasteiger partial charge in [0.1, 0.15) is 5.75 Å². The lowest BCUT2D eigenvalue weighted by atomic mass is 9.86. The number of phenols is 1. The molecule has 76 valence electrons. The van der Waals surface area contributed by atoms with Crippen LogP contribution < -0.4 is 5.73 Å². The van der Waals surface area contributed by atoms with Crippen molar-refractivity contribution in [1.82, 2.24) is 0 Å².